The molecule has 1 aliphatic rings. The van der Waals surface area contributed by atoms with Crippen LogP contribution in [0.3, 0.4) is 0 Å². The molecule has 1 aliphatic heterocycles. The van der Waals surface area contributed by atoms with Crippen LogP contribution in [0.15, 0.2) is 41.9 Å². The predicted octanol–water partition coefficient (Wildman–Crippen LogP) is 4.68. The molecule has 1 fully saturated rings. The van der Waals surface area contributed by atoms with Gasteiger partial charge in [-0.1, -0.05) is 6.07 Å². The predicted molar refractivity (Wildman–Crippen MR) is 116 cm³/mol. The van der Waals surface area contributed by atoms with Crippen LogP contribution in [0.25, 0.3) is 32.5 Å². The van der Waals surface area contributed by atoms with E-state index in [-0.39, 0.29) is 5.97 Å². The largest absolute Gasteiger partial charge is 0.465 e. The Bertz CT molecular complexity index is 1240. The molecule has 5 rings (SSSR count). The number of methoxy groups -OCH3 is 1. The van der Waals surface area contributed by atoms with E-state index >= 15 is 0 Å². The number of anilines is 1. The molecule has 0 aliphatic carbocycles. The van der Waals surface area contributed by atoms with Crippen molar-refractivity contribution in [2.75, 3.05) is 18.6 Å². The molecule has 1 atom stereocenters. The van der Waals surface area contributed by atoms with Crippen molar-refractivity contribution in [1.29, 1.82) is 0 Å². The van der Waals surface area contributed by atoms with E-state index < -0.39 is 0 Å². The number of hydrogen-bond acceptors (Lipinski definition) is 7. The second-order valence-corrected chi connectivity index (χ2v) is 8.20. The highest BCUT2D eigenvalue weighted by molar-refractivity contribution is 7.16. The monoisotopic (exact) mass is 404 g/mol. The molecular formula is C22H20N4O2S. The number of hydrogen-bond donors (Lipinski definition) is 0. The Balaban J connectivity index is 1.73. The molecule has 4 aromatic rings. The van der Waals surface area contributed by atoms with Gasteiger partial charge in [0.25, 0.3) is 0 Å². The van der Waals surface area contributed by atoms with Crippen molar-refractivity contribution in [1.82, 2.24) is 15.0 Å². The van der Waals surface area contributed by atoms with Gasteiger partial charge in [-0.25, -0.2) is 19.7 Å². The quantitative estimate of drug-likeness (QED) is 0.462. The maximum absolute atomic E-state index is 12.0. The first kappa shape index (κ1) is 18.0. The maximum Gasteiger partial charge on any atom is 0.337 e. The van der Waals surface area contributed by atoms with Crippen molar-refractivity contribution in [3.8, 4) is 11.3 Å². The Hall–Kier alpha value is -3.06. The molecule has 2 aromatic heterocycles. The minimum Gasteiger partial charge on any atom is -0.465 e. The Morgan fingerprint density at radius 3 is 2.83 bits per heavy atom. The van der Waals surface area contributed by atoms with E-state index in [1.54, 1.807) is 23.5 Å². The lowest BCUT2D eigenvalue weighted by atomic mass is 10.1. The molecule has 3 heterocycles. The highest BCUT2D eigenvalue weighted by Gasteiger charge is 2.26. The SMILES string of the molecule is COC(=O)c1ccc2nc(-c3ccc4scnc4c3)c(N3CCC[C@@H]3C)nc2c1. The van der Waals surface area contributed by atoms with Gasteiger partial charge in [-0.2, -0.15) is 0 Å². The molecule has 0 unspecified atom stereocenters. The molecule has 0 spiro atoms. The number of rotatable bonds is 3. The van der Waals surface area contributed by atoms with E-state index in [4.69, 9.17) is 14.7 Å². The van der Waals surface area contributed by atoms with Crippen LogP contribution in [-0.2, 0) is 4.74 Å². The summed E-state index contributed by atoms with van der Waals surface area (Å²) in [6.45, 7) is 3.17. The van der Waals surface area contributed by atoms with Gasteiger partial charge in [0.2, 0.25) is 0 Å². The molecule has 2 aromatic carbocycles. The van der Waals surface area contributed by atoms with Gasteiger partial charge in [0.05, 0.1) is 39.4 Å². The number of carbonyl (C=O) groups excluding carboxylic acids is 1. The standard InChI is InChI=1S/C22H20N4O2S/c1-13-4-3-9-26(13)21-20(14-6-8-19-18(10-14)23-12-29-19)24-16-7-5-15(22(27)28-2)11-17(16)25-21/h5-8,10-13H,3-4,9H2,1-2H3/t13-/m0/s1. The summed E-state index contributed by atoms with van der Waals surface area (Å²) in [5.74, 6) is 0.488. The number of aromatic nitrogens is 3. The second-order valence-electron chi connectivity index (χ2n) is 7.31. The van der Waals surface area contributed by atoms with Crippen LogP contribution < -0.4 is 4.90 Å². The Morgan fingerprint density at radius 2 is 2.03 bits per heavy atom. The zero-order valence-electron chi connectivity index (χ0n) is 16.3. The van der Waals surface area contributed by atoms with Crippen LogP contribution in [0.2, 0.25) is 0 Å². The number of esters is 1. The van der Waals surface area contributed by atoms with Crippen molar-refractivity contribution in [2.45, 2.75) is 25.8 Å². The first-order valence-corrected chi connectivity index (χ1v) is 10.5. The topological polar surface area (TPSA) is 68.2 Å². The summed E-state index contributed by atoms with van der Waals surface area (Å²) in [5, 5.41) is 0. The maximum atomic E-state index is 12.0. The van der Waals surface area contributed by atoms with E-state index in [1.165, 1.54) is 7.11 Å². The van der Waals surface area contributed by atoms with Crippen LogP contribution in [0, 0.1) is 0 Å². The van der Waals surface area contributed by atoms with E-state index in [9.17, 15) is 4.79 Å². The summed E-state index contributed by atoms with van der Waals surface area (Å²) in [7, 11) is 1.38. The van der Waals surface area contributed by atoms with Crippen LogP contribution >= 0.6 is 11.3 Å². The van der Waals surface area contributed by atoms with E-state index in [1.807, 2.05) is 11.6 Å². The van der Waals surface area contributed by atoms with Gasteiger partial charge < -0.3 is 9.64 Å². The molecule has 29 heavy (non-hydrogen) atoms. The van der Waals surface area contributed by atoms with Crippen molar-refractivity contribution in [2.24, 2.45) is 0 Å². The third kappa shape index (κ3) is 3.11. The zero-order valence-corrected chi connectivity index (χ0v) is 17.1. The van der Waals surface area contributed by atoms with Crippen LogP contribution in [0.4, 0.5) is 5.82 Å². The third-order valence-corrected chi connectivity index (χ3v) is 6.31. The lowest BCUT2D eigenvalue weighted by Gasteiger charge is -2.25. The first-order chi connectivity index (χ1) is 14.1. The average Bonchev–Trinajstić information content (AvgIpc) is 3.39. The molecule has 0 saturated carbocycles. The lowest BCUT2D eigenvalue weighted by Crippen LogP contribution is -2.28. The van der Waals surface area contributed by atoms with Crippen LogP contribution in [0.5, 0.6) is 0 Å². The van der Waals surface area contributed by atoms with E-state index in [2.05, 4.69) is 35.0 Å². The summed E-state index contributed by atoms with van der Waals surface area (Å²) in [6.07, 6.45) is 2.26. The second kappa shape index (κ2) is 7.08. The van der Waals surface area contributed by atoms with E-state index in [0.717, 1.165) is 52.2 Å². The van der Waals surface area contributed by atoms with Gasteiger partial charge in [0.1, 0.15) is 5.69 Å². The van der Waals surface area contributed by atoms with Crippen molar-refractivity contribution in [3.63, 3.8) is 0 Å². The number of fused-ring (bicyclic) bond motifs is 2. The molecule has 0 radical (unpaired) electrons. The highest BCUT2D eigenvalue weighted by atomic mass is 32.1. The van der Waals surface area contributed by atoms with Crippen LogP contribution in [-0.4, -0.2) is 40.6 Å². The molecule has 6 nitrogen and oxygen atoms in total. The molecule has 0 bridgehead atoms. The van der Waals surface area contributed by atoms with Crippen LogP contribution in [0.1, 0.15) is 30.1 Å². The minimum atomic E-state index is -0.372. The normalized spacial score (nSPS) is 16.6. The highest BCUT2D eigenvalue weighted by Crippen LogP contribution is 2.35. The minimum absolute atomic E-state index is 0.372. The Kier molecular flexibility index (Phi) is 4.39. The summed E-state index contributed by atoms with van der Waals surface area (Å²) in [6, 6.07) is 12.0. The Morgan fingerprint density at radius 1 is 1.14 bits per heavy atom. The number of benzene rings is 2. The molecule has 0 N–H and O–H groups in total. The summed E-state index contributed by atoms with van der Waals surface area (Å²) in [4.78, 5) is 28.7. The van der Waals surface area contributed by atoms with Crippen molar-refractivity contribution < 1.29 is 9.53 Å². The van der Waals surface area contributed by atoms with Gasteiger partial charge in [-0.15, -0.1) is 11.3 Å². The summed E-state index contributed by atoms with van der Waals surface area (Å²) in [5.41, 5.74) is 6.61. The summed E-state index contributed by atoms with van der Waals surface area (Å²) >= 11 is 1.63. The van der Waals surface area contributed by atoms with Gasteiger partial charge in [-0.3, -0.25) is 0 Å². The fourth-order valence-corrected chi connectivity index (χ4v) is 4.60. The smallest absolute Gasteiger partial charge is 0.337 e. The first-order valence-electron chi connectivity index (χ1n) is 9.64. The zero-order chi connectivity index (χ0) is 20.0. The number of ether oxygens (including phenoxy) is 1. The summed E-state index contributed by atoms with van der Waals surface area (Å²) < 4.78 is 6.01. The lowest BCUT2D eigenvalue weighted by molar-refractivity contribution is 0.0601. The fraction of sp³-hybridized carbons (Fsp3) is 0.273. The molecule has 1 saturated heterocycles. The average molecular weight is 404 g/mol. The third-order valence-electron chi connectivity index (χ3n) is 5.50. The van der Waals surface area contributed by atoms with Gasteiger partial charge in [0.15, 0.2) is 5.82 Å². The fourth-order valence-electron chi connectivity index (χ4n) is 3.94. The van der Waals surface area contributed by atoms with Gasteiger partial charge in [0, 0.05) is 18.2 Å². The molecule has 7 heteroatoms. The Labute approximate surface area is 172 Å². The van der Waals surface area contributed by atoms with Crippen molar-refractivity contribution in [3.05, 3.63) is 47.5 Å². The van der Waals surface area contributed by atoms with Crippen molar-refractivity contribution >= 4 is 44.4 Å². The molecular weight excluding hydrogens is 384 g/mol. The number of thiazole rings is 1. The number of nitrogens with zero attached hydrogens (tertiary/aromatic N) is 4. The number of carbonyl (C=O) groups is 1. The van der Waals surface area contributed by atoms with E-state index in [0.29, 0.717) is 17.1 Å². The molecule has 146 valence electrons. The van der Waals surface area contributed by atoms with Gasteiger partial charge >= 0.3 is 5.97 Å². The van der Waals surface area contributed by atoms with Gasteiger partial charge in [-0.05, 0) is 50.1 Å². The molecule has 0 amide bonds.